The Kier molecular flexibility index (Phi) is 4.26. The number of anilines is 1. The number of allylic oxidation sites excluding steroid dienone is 2. The van der Waals surface area contributed by atoms with Crippen molar-refractivity contribution in [3.8, 4) is 0 Å². The SMILES string of the molecule is O=C(CN1C(=O)C2C3C=CC(C3)C2C1=O)Nc1ccccc1C(=O)N1CCCC1. The molecule has 4 unspecified atom stereocenters. The molecule has 2 aliphatic heterocycles. The fourth-order valence-corrected chi connectivity index (χ4v) is 5.32. The Labute approximate surface area is 168 Å². The number of imide groups is 1. The molecule has 1 aromatic rings. The summed E-state index contributed by atoms with van der Waals surface area (Å²) in [6.45, 7) is 1.13. The van der Waals surface area contributed by atoms with Gasteiger partial charge in [-0.25, -0.2) is 0 Å². The summed E-state index contributed by atoms with van der Waals surface area (Å²) in [5.41, 5.74) is 0.844. The van der Waals surface area contributed by atoms with Gasteiger partial charge in [-0.2, -0.15) is 0 Å². The van der Waals surface area contributed by atoms with Crippen molar-refractivity contribution in [1.82, 2.24) is 9.80 Å². The summed E-state index contributed by atoms with van der Waals surface area (Å²) in [4.78, 5) is 53.8. The van der Waals surface area contributed by atoms with Crippen molar-refractivity contribution >= 4 is 29.3 Å². The van der Waals surface area contributed by atoms with E-state index in [1.165, 1.54) is 0 Å². The zero-order valence-electron chi connectivity index (χ0n) is 16.0. The normalized spacial score (nSPS) is 29.7. The summed E-state index contributed by atoms with van der Waals surface area (Å²) in [5.74, 6) is -1.44. The van der Waals surface area contributed by atoms with Crippen molar-refractivity contribution < 1.29 is 19.2 Å². The smallest absolute Gasteiger partial charge is 0.255 e. The minimum Gasteiger partial charge on any atom is -0.339 e. The summed E-state index contributed by atoms with van der Waals surface area (Å²) in [7, 11) is 0. The number of rotatable bonds is 4. The highest BCUT2D eigenvalue weighted by Gasteiger charge is 2.59. The van der Waals surface area contributed by atoms with Crippen LogP contribution in [0.5, 0.6) is 0 Å². The maximum atomic E-state index is 12.8. The van der Waals surface area contributed by atoms with Crippen LogP contribution in [0.4, 0.5) is 5.69 Å². The average molecular weight is 393 g/mol. The summed E-state index contributed by atoms with van der Waals surface area (Å²) in [6, 6.07) is 6.87. The van der Waals surface area contributed by atoms with Crippen LogP contribution >= 0.6 is 0 Å². The number of carbonyl (C=O) groups excluding carboxylic acids is 4. The lowest BCUT2D eigenvalue weighted by molar-refractivity contribution is -0.143. The van der Waals surface area contributed by atoms with Crippen LogP contribution in [-0.2, 0) is 14.4 Å². The summed E-state index contributed by atoms with van der Waals surface area (Å²) < 4.78 is 0. The molecule has 0 radical (unpaired) electrons. The molecule has 7 heteroatoms. The van der Waals surface area contributed by atoms with Gasteiger partial charge in [0, 0.05) is 13.1 Å². The van der Waals surface area contributed by atoms with Crippen LogP contribution in [0.3, 0.4) is 0 Å². The second-order valence-electron chi connectivity index (χ2n) is 8.36. The first-order chi connectivity index (χ1) is 14.0. The first kappa shape index (κ1) is 18.1. The van der Waals surface area contributed by atoms with Gasteiger partial charge in [-0.1, -0.05) is 24.3 Å². The molecule has 7 nitrogen and oxygen atoms in total. The Morgan fingerprint density at radius 1 is 0.966 bits per heavy atom. The largest absolute Gasteiger partial charge is 0.339 e. The van der Waals surface area contributed by atoms with Gasteiger partial charge in [0.05, 0.1) is 23.1 Å². The second-order valence-corrected chi connectivity index (χ2v) is 8.36. The van der Waals surface area contributed by atoms with Crippen molar-refractivity contribution in [2.75, 3.05) is 25.0 Å². The first-order valence-corrected chi connectivity index (χ1v) is 10.3. The molecule has 4 atom stereocenters. The van der Waals surface area contributed by atoms with E-state index in [1.54, 1.807) is 29.2 Å². The average Bonchev–Trinajstić information content (AvgIpc) is 3.50. The predicted octanol–water partition coefficient (Wildman–Crippen LogP) is 1.67. The number of para-hydroxylation sites is 1. The summed E-state index contributed by atoms with van der Waals surface area (Å²) in [5, 5.41) is 2.74. The van der Waals surface area contributed by atoms with Gasteiger partial charge in [0.2, 0.25) is 17.7 Å². The second kappa shape index (κ2) is 6.83. The molecule has 1 aromatic carbocycles. The number of likely N-dealkylation sites (tertiary alicyclic amines) is 2. The van der Waals surface area contributed by atoms with Gasteiger partial charge < -0.3 is 10.2 Å². The van der Waals surface area contributed by atoms with E-state index in [4.69, 9.17) is 0 Å². The lowest BCUT2D eigenvalue weighted by atomic mass is 9.85. The van der Waals surface area contributed by atoms with Gasteiger partial charge in [-0.05, 0) is 43.2 Å². The molecular weight excluding hydrogens is 370 g/mol. The van der Waals surface area contributed by atoms with Crippen LogP contribution in [0.2, 0.25) is 0 Å². The molecule has 5 rings (SSSR count). The highest BCUT2D eigenvalue weighted by Crippen LogP contribution is 2.52. The molecule has 2 bridgehead atoms. The number of nitrogens with zero attached hydrogens (tertiary/aromatic N) is 2. The fraction of sp³-hybridized carbons (Fsp3) is 0.455. The number of hydrogen-bond donors (Lipinski definition) is 1. The van der Waals surface area contributed by atoms with Gasteiger partial charge in [-0.15, -0.1) is 0 Å². The van der Waals surface area contributed by atoms with Gasteiger partial charge in [-0.3, -0.25) is 24.1 Å². The zero-order valence-corrected chi connectivity index (χ0v) is 16.0. The third-order valence-electron chi connectivity index (χ3n) is 6.69. The van der Waals surface area contributed by atoms with E-state index in [-0.39, 0.29) is 47.9 Å². The van der Waals surface area contributed by atoms with Gasteiger partial charge >= 0.3 is 0 Å². The van der Waals surface area contributed by atoms with Crippen LogP contribution in [0.25, 0.3) is 0 Å². The van der Waals surface area contributed by atoms with Crippen molar-refractivity contribution in [3.63, 3.8) is 0 Å². The number of hydrogen-bond acceptors (Lipinski definition) is 4. The summed E-state index contributed by atoms with van der Waals surface area (Å²) >= 11 is 0. The number of carbonyl (C=O) groups is 4. The van der Waals surface area contributed by atoms with Crippen molar-refractivity contribution in [2.24, 2.45) is 23.7 Å². The van der Waals surface area contributed by atoms with Crippen molar-refractivity contribution in [3.05, 3.63) is 42.0 Å². The molecule has 150 valence electrons. The molecule has 1 saturated carbocycles. The summed E-state index contributed by atoms with van der Waals surface area (Å²) in [6.07, 6.45) is 6.89. The maximum absolute atomic E-state index is 12.8. The molecule has 4 aliphatic rings. The van der Waals surface area contributed by atoms with E-state index in [2.05, 4.69) is 5.32 Å². The molecule has 2 saturated heterocycles. The number of amides is 4. The lowest BCUT2D eigenvalue weighted by Gasteiger charge is -2.19. The molecule has 2 aliphatic carbocycles. The van der Waals surface area contributed by atoms with E-state index < -0.39 is 5.91 Å². The van der Waals surface area contributed by atoms with Crippen LogP contribution in [0.15, 0.2) is 36.4 Å². The van der Waals surface area contributed by atoms with Gasteiger partial charge in [0.15, 0.2) is 0 Å². The molecule has 2 heterocycles. The third kappa shape index (κ3) is 2.87. The van der Waals surface area contributed by atoms with Crippen LogP contribution in [0, 0.1) is 23.7 Å². The molecule has 0 spiro atoms. The molecule has 0 aromatic heterocycles. The molecule has 3 fully saturated rings. The van der Waals surface area contributed by atoms with E-state index in [1.807, 2.05) is 12.2 Å². The van der Waals surface area contributed by atoms with Crippen LogP contribution < -0.4 is 5.32 Å². The minimum absolute atomic E-state index is 0.107. The Morgan fingerprint density at radius 2 is 1.59 bits per heavy atom. The van der Waals surface area contributed by atoms with Gasteiger partial charge in [0.25, 0.3) is 5.91 Å². The monoisotopic (exact) mass is 393 g/mol. The third-order valence-corrected chi connectivity index (χ3v) is 6.69. The fourth-order valence-electron chi connectivity index (χ4n) is 5.32. The van der Waals surface area contributed by atoms with E-state index in [9.17, 15) is 19.2 Å². The number of benzene rings is 1. The topological polar surface area (TPSA) is 86.8 Å². The molecule has 1 N–H and O–H groups in total. The van der Waals surface area contributed by atoms with Crippen molar-refractivity contribution in [1.29, 1.82) is 0 Å². The Bertz CT molecular complexity index is 904. The van der Waals surface area contributed by atoms with Crippen LogP contribution in [-0.4, -0.2) is 53.1 Å². The molecule has 29 heavy (non-hydrogen) atoms. The van der Waals surface area contributed by atoms with E-state index in [0.29, 0.717) is 11.3 Å². The highest BCUT2D eigenvalue weighted by atomic mass is 16.2. The molecule has 4 amide bonds. The standard InChI is InChI=1S/C22H23N3O4/c26-17(12-25-21(28)18-13-7-8-14(11-13)19(18)22(25)29)23-16-6-2-1-5-15(16)20(27)24-9-3-4-10-24/h1-2,5-8,13-14,18-19H,3-4,9-12H2,(H,23,26). The van der Waals surface area contributed by atoms with Crippen molar-refractivity contribution in [2.45, 2.75) is 19.3 Å². The molecular formula is C22H23N3O4. The van der Waals surface area contributed by atoms with E-state index >= 15 is 0 Å². The Hall–Kier alpha value is -2.96. The quantitative estimate of drug-likeness (QED) is 0.623. The zero-order chi connectivity index (χ0) is 20.1. The minimum atomic E-state index is -0.464. The maximum Gasteiger partial charge on any atom is 0.255 e. The number of fused-ring (bicyclic) bond motifs is 5. The first-order valence-electron chi connectivity index (χ1n) is 10.3. The van der Waals surface area contributed by atoms with E-state index in [0.717, 1.165) is 37.3 Å². The number of nitrogens with one attached hydrogen (secondary N) is 1. The lowest BCUT2D eigenvalue weighted by Crippen LogP contribution is -2.39. The van der Waals surface area contributed by atoms with Gasteiger partial charge in [0.1, 0.15) is 6.54 Å². The highest BCUT2D eigenvalue weighted by molar-refractivity contribution is 6.10. The Balaban J connectivity index is 1.29. The van der Waals surface area contributed by atoms with Crippen LogP contribution in [0.1, 0.15) is 29.6 Å². The predicted molar refractivity (Wildman–Crippen MR) is 105 cm³/mol. The Morgan fingerprint density at radius 3 is 2.24 bits per heavy atom.